The summed E-state index contributed by atoms with van der Waals surface area (Å²) in [6, 6.07) is 26.4. The number of hydrogen-bond acceptors (Lipinski definition) is 5. The number of ether oxygens (including phenoxy) is 1. The minimum absolute atomic E-state index is 0.208. The number of esters is 1. The third-order valence-corrected chi connectivity index (χ3v) is 6.29. The SMILES string of the molecule is CCC(OC(=O)c1ccc2nc3c(nc2c1)-c1cccc2cccc-3c12)C(=O)c1ccccc1. The number of carbonyl (C=O) groups is 2. The van der Waals surface area contributed by atoms with Gasteiger partial charge in [-0.15, -0.1) is 0 Å². The standard InChI is InChI=1S/C29H20N2O3/c1-2-24(28(32)18-8-4-3-5-9-18)34-29(33)19-14-15-22-23(16-19)31-27-21-13-7-11-17-10-6-12-20(25(17)21)26(27)30-22/h3-16,24H,2H2,1H3. The maximum Gasteiger partial charge on any atom is 0.338 e. The van der Waals surface area contributed by atoms with E-state index in [4.69, 9.17) is 14.7 Å². The summed E-state index contributed by atoms with van der Waals surface area (Å²) in [7, 11) is 0. The number of fused-ring (bicyclic) bond motifs is 4. The number of carbonyl (C=O) groups excluding carboxylic acids is 2. The number of nitrogens with zero attached hydrogens (tertiary/aromatic N) is 2. The summed E-state index contributed by atoms with van der Waals surface area (Å²) in [6.07, 6.45) is -0.452. The van der Waals surface area contributed by atoms with Crippen molar-refractivity contribution in [2.75, 3.05) is 0 Å². The van der Waals surface area contributed by atoms with Gasteiger partial charge in [0, 0.05) is 22.1 Å². The lowest BCUT2D eigenvalue weighted by molar-refractivity contribution is 0.0277. The Morgan fingerprint density at radius 3 is 2.12 bits per heavy atom. The topological polar surface area (TPSA) is 69.2 Å². The fourth-order valence-corrected chi connectivity index (χ4v) is 4.60. The second-order valence-electron chi connectivity index (χ2n) is 8.37. The summed E-state index contributed by atoms with van der Waals surface area (Å²) >= 11 is 0. The molecule has 0 saturated heterocycles. The van der Waals surface area contributed by atoms with Gasteiger partial charge in [0.05, 0.1) is 28.0 Å². The minimum atomic E-state index is -0.844. The fourth-order valence-electron chi connectivity index (χ4n) is 4.60. The maximum atomic E-state index is 12.9. The lowest BCUT2D eigenvalue weighted by Crippen LogP contribution is -2.26. The van der Waals surface area contributed by atoms with Crippen molar-refractivity contribution in [1.29, 1.82) is 0 Å². The van der Waals surface area contributed by atoms with Crippen LogP contribution >= 0.6 is 0 Å². The van der Waals surface area contributed by atoms with Crippen LogP contribution in [0.25, 0.3) is 44.3 Å². The fraction of sp³-hybridized carbons (Fsp3) is 0.103. The zero-order valence-corrected chi connectivity index (χ0v) is 18.5. The van der Waals surface area contributed by atoms with Crippen molar-refractivity contribution in [2.45, 2.75) is 19.4 Å². The number of hydrogen-bond donors (Lipinski definition) is 0. The highest BCUT2D eigenvalue weighted by molar-refractivity contribution is 6.14. The average Bonchev–Trinajstić information content (AvgIpc) is 3.20. The Labute approximate surface area is 196 Å². The van der Waals surface area contributed by atoms with Crippen LogP contribution < -0.4 is 0 Å². The van der Waals surface area contributed by atoms with E-state index >= 15 is 0 Å². The summed E-state index contributed by atoms with van der Waals surface area (Å²) in [5, 5.41) is 2.30. The van der Waals surface area contributed by atoms with Crippen molar-refractivity contribution >= 4 is 33.6 Å². The van der Waals surface area contributed by atoms with Crippen molar-refractivity contribution in [2.24, 2.45) is 0 Å². The highest BCUT2D eigenvalue weighted by Crippen LogP contribution is 2.45. The van der Waals surface area contributed by atoms with Crippen molar-refractivity contribution < 1.29 is 14.3 Å². The zero-order chi connectivity index (χ0) is 23.2. The predicted molar refractivity (Wildman–Crippen MR) is 132 cm³/mol. The molecule has 0 fully saturated rings. The van der Waals surface area contributed by atoms with Gasteiger partial charge >= 0.3 is 5.97 Å². The van der Waals surface area contributed by atoms with Gasteiger partial charge < -0.3 is 4.74 Å². The molecule has 0 amide bonds. The molecule has 1 unspecified atom stereocenters. The van der Waals surface area contributed by atoms with E-state index in [0.717, 1.165) is 33.3 Å². The van der Waals surface area contributed by atoms with E-state index in [1.807, 2.05) is 25.1 Å². The van der Waals surface area contributed by atoms with Gasteiger partial charge in [-0.3, -0.25) is 4.79 Å². The third-order valence-electron chi connectivity index (χ3n) is 6.29. The second kappa shape index (κ2) is 7.89. The van der Waals surface area contributed by atoms with Gasteiger partial charge in [-0.05, 0) is 30.0 Å². The molecule has 0 radical (unpaired) electrons. The first kappa shape index (κ1) is 20.2. The van der Waals surface area contributed by atoms with Gasteiger partial charge in [-0.25, -0.2) is 14.8 Å². The molecule has 1 heterocycles. The van der Waals surface area contributed by atoms with Crippen LogP contribution in [0.3, 0.4) is 0 Å². The van der Waals surface area contributed by atoms with E-state index in [9.17, 15) is 9.59 Å². The lowest BCUT2D eigenvalue weighted by atomic mass is 10.0. The molecule has 5 aromatic rings. The van der Waals surface area contributed by atoms with Gasteiger partial charge in [-0.2, -0.15) is 0 Å². The molecule has 0 bridgehead atoms. The molecule has 1 aliphatic carbocycles. The van der Waals surface area contributed by atoms with Gasteiger partial charge in [0.1, 0.15) is 0 Å². The zero-order valence-electron chi connectivity index (χ0n) is 18.5. The molecule has 6 rings (SSSR count). The van der Waals surface area contributed by atoms with Crippen molar-refractivity contribution in [1.82, 2.24) is 9.97 Å². The monoisotopic (exact) mass is 444 g/mol. The number of benzene rings is 4. The Kier molecular flexibility index (Phi) is 4.69. The van der Waals surface area contributed by atoms with E-state index in [1.165, 1.54) is 0 Å². The molecule has 0 N–H and O–H groups in total. The molecule has 0 saturated carbocycles. The molecule has 1 aromatic heterocycles. The molecule has 1 atom stereocenters. The summed E-state index contributed by atoms with van der Waals surface area (Å²) < 4.78 is 5.60. The van der Waals surface area contributed by atoms with E-state index in [0.29, 0.717) is 28.6 Å². The smallest absolute Gasteiger partial charge is 0.338 e. The van der Waals surface area contributed by atoms with Crippen molar-refractivity contribution in [3.63, 3.8) is 0 Å². The minimum Gasteiger partial charge on any atom is -0.450 e. The molecule has 34 heavy (non-hydrogen) atoms. The summed E-state index contributed by atoms with van der Waals surface area (Å²) in [5.41, 5.74) is 5.97. The molecule has 164 valence electrons. The van der Waals surface area contributed by atoms with Crippen molar-refractivity contribution in [3.8, 4) is 22.5 Å². The highest BCUT2D eigenvalue weighted by atomic mass is 16.5. The Morgan fingerprint density at radius 1 is 0.765 bits per heavy atom. The molecule has 4 aromatic carbocycles. The lowest BCUT2D eigenvalue weighted by Gasteiger charge is -2.15. The molecule has 5 heteroatoms. The van der Waals surface area contributed by atoms with Crippen molar-refractivity contribution in [3.05, 3.63) is 96.1 Å². The van der Waals surface area contributed by atoms with Crippen LogP contribution in [0, 0.1) is 0 Å². The van der Waals surface area contributed by atoms with E-state index in [2.05, 4.69) is 24.3 Å². The summed E-state index contributed by atoms with van der Waals surface area (Å²) in [6.45, 7) is 1.83. The van der Waals surface area contributed by atoms with E-state index in [1.54, 1.807) is 42.5 Å². The second-order valence-corrected chi connectivity index (χ2v) is 8.37. The third kappa shape index (κ3) is 3.17. The molecule has 5 nitrogen and oxygen atoms in total. The quantitative estimate of drug-likeness (QED) is 0.232. The largest absolute Gasteiger partial charge is 0.450 e. The Morgan fingerprint density at radius 2 is 1.44 bits per heavy atom. The van der Waals surface area contributed by atoms with E-state index < -0.39 is 12.1 Å². The molecular formula is C29H20N2O3. The van der Waals surface area contributed by atoms with Gasteiger partial charge in [0.2, 0.25) is 5.78 Å². The molecule has 0 spiro atoms. The first-order chi connectivity index (χ1) is 16.6. The van der Waals surface area contributed by atoms with Crippen LogP contribution in [0.15, 0.2) is 84.9 Å². The number of aromatic nitrogens is 2. The normalized spacial score (nSPS) is 12.5. The van der Waals surface area contributed by atoms with Gasteiger partial charge in [0.15, 0.2) is 6.10 Å². The number of ketones is 1. The summed E-state index contributed by atoms with van der Waals surface area (Å²) in [4.78, 5) is 35.5. The highest BCUT2D eigenvalue weighted by Gasteiger charge is 2.26. The summed E-state index contributed by atoms with van der Waals surface area (Å²) in [5.74, 6) is -0.758. The maximum absolute atomic E-state index is 12.9. The number of rotatable bonds is 5. The van der Waals surface area contributed by atoms with Gasteiger partial charge in [-0.1, -0.05) is 73.7 Å². The first-order valence-corrected chi connectivity index (χ1v) is 11.3. The van der Waals surface area contributed by atoms with Crippen LogP contribution in [0.2, 0.25) is 0 Å². The Hall–Kier alpha value is -4.38. The van der Waals surface area contributed by atoms with Crippen LogP contribution in [0.5, 0.6) is 0 Å². The van der Waals surface area contributed by atoms with Crippen LogP contribution in [0.4, 0.5) is 0 Å². The molecular weight excluding hydrogens is 424 g/mol. The number of Topliss-reactive ketones (excluding diaryl/α,β-unsaturated/α-hetero) is 1. The van der Waals surface area contributed by atoms with Crippen LogP contribution in [-0.4, -0.2) is 27.8 Å². The van der Waals surface area contributed by atoms with Gasteiger partial charge in [0.25, 0.3) is 0 Å². The first-order valence-electron chi connectivity index (χ1n) is 11.3. The Balaban J connectivity index is 1.35. The predicted octanol–water partition coefficient (Wildman–Crippen LogP) is 6.25. The Bertz CT molecular complexity index is 1600. The van der Waals surface area contributed by atoms with E-state index in [-0.39, 0.29) is 5.78 Å². The van der Waals surface area contributed by atoms with Crippen LogP contribution in [0.1, 0.15) is 34.1 Å². The molecule has 1 aliphatic rings. The molecule has 0 aliphatic heterocycles. The van der Waals surface area contributed by atoms with Crippen LogP contribution in [-0.2, 0) is 4.74 Å². The average molecular weight is 444 g/mol.